The first-order valence-corrected chi connectivity index (χ1v) is 8.77. The molecule has 6 nitrogen and oxygen atoms in total. The highest BCUT2D eigenvalue weighted by molar-refractivity contribution is 5.79. The highest BCUT2D eigenvalue weighted by Gasteiger charge is 2.37. The summed E-state index contributed by atoms with van der Waals surface area (Å²) in [6.07, 6.45) is 2.58. The number of carbonyl (C=O) groups is 1. The Balaban J connectivity index is 1.55. The van der Waals surface area contributed by atoms with Crippen LogP contribution in [-0.4, -0.2) is 67.0 Å². The summed E-state index contributed by atoms with van der Waals surface area (Å²) < 4.78 is 26.5. The van der Waals surface area contributed by atoms with E-state index in [1.807, 2.05) is 25.1 Å². The van der Waals surface area contributed by atoms with Gasteiger partial charge in [0, 0.05) is 65.1 Å². The lowest BCUT2D eigenvalue weighted by Gasteiger charge is -2.37. The van der Waals surface area contributed by atoms with Gasteiger partial charge in [0.2, 0.25) is 5.91 Å². The lowest BCUT2D eigenvalue weighted by Crippen LogP contribution is -2.47. The molecule has 138 valence electrons. The third-order valence-electron chi connectivity index (χ3n) is 5.07. The highest BCUT2D eigenvalue weighted by Crippen LogP contribution is 2.30. The number of aromatic nitrogens is 2. The van der Waals surface area contributed by atoms with Crippen molar-refractivity contribution in [2.75, 3.05) is 50.1 Å². The van der Waals surface area contributed by atoms with Crippen molar-refractivity contribution >= 4 is 17.5 Å². The monoisotopic (exact) mass is 353 g/mol. The zero-order valence-corrected chi connectivity index (χ0v) is 14.8. The quantitative estimate of drug-likeness (QED) is 0.832. The average Bonchev–Trinajstić information content (AvgIpc) is 2.61. The molecule has 0 spiro atoms. The molecule has 0 N–H and O–H groups in total. The molecule has 0 atom stereocenters. The van der Waals surface area contributed by atoms with Crippen LogP contribution in [-0.2, 0) is 4.79 Å². The number of piperidine rings is 2. The molecule has 2 fully saturated rings. The molecular weight excluding hydrogens is 328 g/mol. The number of carbonyl (C=O) groups excluding carboxylic acids is 1. The summed E-state index contributed by atoms with van der Waals surface area (Å²) >= 11 is 0. The van der Waals surface area contributed by atoms with E-state index in [1.54, 1.807) is 11.2 Å². The number of nitrogens with zero attached hydrogens (tertiary/aromatic N) is 5. The predicted molar refractivity (Wildman–Crippen MR) is 92.1 cm³/mol. The normalized spacial score (nSPS) is 21.3. The van der Waals surface area contributed by atoms with Gasteiger partial charge in [0.1, 0.15) is 18.0 Å². The van der Waals surface area contributed by atoms with E-state index in [-0.39, 0.29) is 37.8 Å². The summed E-state index contributed by atoms with van der Waals surface area (Å²) in [5, 5.41) is 0. The standard InChI is InChI=1S/C17H25F2N5O/c1-22(2)14-11-15(21-12-20-14)23-7-3-13(4-8-23)16(25)24-9-5-17(18,19)6-10-24/h11-13H,3-10H2,1-2H3. The second kappa shape index (κ2) is 7.09. The van der Waals surface area contributed by atoms with Crippen LogP contribution in [0.5, 0.6) is 0 Å². The third kappa shape index (κ3) is 4.16. The minimum absolute atomic E-state index is 0.0341. The minimum Gasteiger partial charge on any atom is -0.363 e. The molecule has 0 bridgehead atoms. The van der Waals surface area contributed by atoms with Crippen molar-refractivity contribution in [3.8, 4) is 0 Å². The summed E-state index contributed by atoms with van der Waals surface area (Å²) in [5.41, 5.74) is 0. The number of alkyl halides is 2. The molecule has 0 aliphatic carbocycles. The Kier molecular flexibility index (Phi) is 5.06. The summed E-state index contributed by atoms with van der Waals surface area (Å²) in [6, 6.07) is 1.94. The van der Waals surface area contributed by atoms with Crippen LogP contribution in [0.3, 0.4) is 0 Å². The molecule has 2 aliphatic rings. The van der Waals surface area contributed by atoms with Gasteiger partial charge in [0.25, 0.3) is 5.92 Å². The number of anilines is 2. The smallest absolute Gasteiger partial charge is 0.251 e. The van der Waals surface area contributed by atoms with Gasteiger partial charge in [0.05, 0.1) is 0 Å². The van der Waals surface area contributed by atoms with E-state index in [0.29, 0.717) is 0 Å². The molecule has 3 rings (SSSR count). The van der Waals surface area contributed by atoms with Crippen LogP contribution in [0.1, 0.15) is 25.7 Å². The number of hydrogen-bond donors (Lipinski definition) is 0. The van der Waals surface area contributed by atoms with Gasteiger partial charge < -0.3 is 14.7 Å². The largest absolute Gasteiger partial charge is 0.363 e. The summed E-state index contributed by atoms with van der Waals surface area (Å²) in [7, 11) is 3.86. The molecule has 1 aromatic heterocycles. The van der Waals surface area contributed by atoms with Gasteiger partial charge in [-0.25, -0.2) is 18.7 Å². The van der Waals surface area contributed by atoms with Crippen molar-refractivity contribution in [2.45, 2.75) is 31.6 Å². The van der Waals surface area contributed by atoms with Crippen LogP contribution >= 0.6 is 0 Å². The first-order valence-electron chi connectivity index (χ1n) is 8.77. The van der Waals surface area contributed by atoms with E-state index in [2.05, 4.69) is 14.9 Å². The van der Waals surface area contributed by atoms with Crippen LogP contribution in [0.2, 0.25) is 0 Å². The van der Waals surface area contributed by atoms with Crippen LogP contribution < -0.4 is 9.80 Å². The molecule has 0 aromatic carbocycles. The second-order valence-corrected chi connectivity index (χ2v) is 7.07. The highest BCUT2D eigenvalue weighted by atomic mass is 19.3. The summed E-state index contributed by atoms with van der Waals surface area (Å²) in [4.78, 5) is 26.8. The Morgan fingerprint density at radius 2 is 1.80 bits per heavy atom. The maximum atomic E-state index is 13.3. The Morgan fingerprint density at radius 1 is 1.16 bits per heavy atom. The second-order valence-electron chi connectivity index (χ2n) is 7.07. The lowest BCUT2D eigenvalue weighted by molar-refractivity contribution is -0.142. The van der Waals surface area contributed by atoms with Gasteiger partial charge in [-0.1, -0.05) is 0 Å². The predicted octanol–water partition coefficient (Wildman–Crippen LogP) is 2.02. The van der Waals surface area contributed by atoms with E-state index >= 15 is 0 Å². The Bertz CT molecular complexity index is 607. The van der Waals surface area contributed by atoms with Gasteiger partial charge >= 0.3 is 0 Å². The number of halogens is 2. The first kappa shape index (κ1) is 17.8. The number of rotatable bonds is 3. The van der Waals surface area contributed by atoms with E-state index in [0.717, 1.165) is 37.6 Å². The summed E-state index contributed by atoms with van der Waals surface area (Å²) in [5.74, 6) is -0.943. The maximum Gasteiger partial charge on any atom is 0.251 e. The molecule has 0 unspecified atom stereocenters. The van der Waals surface area contributed by atoms with E-state index < -0.39 is 5.92 Å². The number of likely N-dealkylation sites (tertiary alicyclic amines) is 1. The van der Waals surface area contributed by atoms with Crippen molar-refractivity contribution in [2.24, 2.45) is 5.92 Å². The molecule has 2 saturated heterocycles. The Labute approximate surface area is 146 Å². The van der Waals surface area contributed by atoms with Crippen molar-refractivity contribution in [3.05, 3.63) is 12.4 Å². The van der Waals surface area contributed by atoms with Gasteiger partial charge in [0.15, 0.2) is 0 Å². The molecule has 8 heteroatoms. The number of hydrogen-bond acceptors (Lipinski definition) is 5. The minimum atomic E-state index is -2.61. The van der Waals surface area contributed by atoms with Crippen LogP contribution in [0, 0.1) is 5.92 Å². The van der Waals surface area contributed by atoms with Gasteiger partial charge in [-0.2, -0.15) is 0 Å². The van der Waals surface area contributed by atoms with Crippen molar-refractivity contribution in [1.29, 1.82) is 0 Å². The fourth-order valence-electron chi connectivity index (χ4n) is 3.42. The molecule has 25 heavy (non-hydrogen) atoms. The van der Waals surface area contributed by atoms with Crippen molar-refractivity contribution in [1.82, 2.24) is 14.9 Å². The fourth-order valence-corrected chi connectivity index (χ4v) is 3.42. The van der Waals surface area contributed by atoms with Crippen LogP contribution in [0.4, 0.5) is 20.4 Å². The third-order valence-corrected chi connectivity index (χ3v) is 5.07. The molecule has 0 radical (unpaired) electrons. The van der Waals surface area contributed by atoms with Crippen molar-refractivity contribution < 1.29 is 13.6 Å². The van der Waals surface area contributed by atoms with Gasteiger partial charge in [-0.3, -0.25) is 4.79 Å². The molecule has 3 heterocycles. The first-order chi connectivity index (χ1) is 11.9. The topological polar surface area (TPSA) is 52.6 Å². The molecule has 2 aliphatic heterocycles. The summed E-state index contributed by atoms with van der Waals surface area (Å²) in [6.45, 7) is 1.82. The molecule has 0 saturated carbocycles. The molecule has 1 amide bonds. The van der Waals surface area contributed by atoms with Crippen molar-refractivity contribution in [3.63, 3.8) is 0 Å². The van der Waals surface area contributed by atoms with E-state index in [4.69, 9.17) is 0 Å². The number of amides is 1. The average molecular weight is 353 g/mol. The zero-order chi connectivity index (χ0) is 18.0. The van der Waals surface area contributed by atoms with E-state index in [9.17, 15) is 13.6 Å². The maximum absolute atomic E-state index is 13.3. The molecule has 1 aromatic rings. The van der Waals surface area contributed by atoms with Gasteiger partial charge in [-0.05, 0) is 12.8 Å². The molecular formula is C17H25F2N5O. The fraction of sp³-hybridized carbons (Fsp3) is 0.706. The van der Waals surface area contributed by atoms with Crippen LogP contribution in [0.15, 0.2) is 12.4 Å². The SMILES string of the molecule is CN(C)c1cc(N2CCC(C(=O)N3CCC(F)(F)CC3)CC2)ncn1. The Morgan fingerprint density at radius 3 is 2.40 bits per heavy atom. The lowest BCUT2D eigenvalue weighted by atomic mass is 9.94. The van der Waals surface area contributed by atoms with Crippen LogP contribution in [0.25, 0.3) is 0 Å². The zero-order valence-electron chi connectivity index (χ0n) is 14.8. The van der Waals surface area contributed by atoms with Gasteiger partial charge in [-0.15, -0.1) is 0 Å². The Hall–Kier alpha value is -1.99. The van der Waals surface area contributed by atoms with E-state index in [1.165, 1.54) is 0 Å².